The molecule has 0 heterocycles. The molecule has 1 aliphatic carbocycles. The number of nitrogens with zero attached hydrogens (tertiary/aromatic N) is 2. The van der Waals surface area contributed by atoms with Crippen molar-refractivity contribution >= 4 is 11.6 Å². The molecular formula is C30H43ClN2. The average Bonchev–Trinajstić information content (AvgIpc) is 2.85. The summed E-state index contributed by atoms with van der Waals surface area (Å²) in [5.41, 5.74) is 4.46. The Labute approximate surface area is 208 Å². The molecule has 33 heavy (non-hydrogen) atoms. The number of hydrogen-bond donors (Lipinski definition) is 0. The molecule has 2 nitrogen and oxygen atoms in total. The van der Waals surface area contributed by atoms with Crippen LogP contribution < -0.4 is 0 Å². The molecule has 3 heteroatoms. The second-order valence-corrected chi connectivity index (χ2v) is 9.90. The van der Waals surface area contributed by atoms with Crippen LogP contribution in [0.25, 0.3) is 0 Å². The number of rotatable bonds is 11. The summed E-state index contributed by atoms with van der Waals surface area (Å²) in [6.45, 7) is 8.46. The normalized spacial score (nSPS) is 18.8. The van der Waals surface area contributed by atoms with Crippen LogP contribution in [0.2, 0.25) is 0 Å². The van der Waals surface area contributed by atoms with Gasteiger partial charge in [0.2, 0.25) is 0 Å². The maximum absolute atomic E-state index is 7.32. The third-order valence-electron chi connectivity index (χ3n) is 6.90. The second kappa shape index (κ2) is 15.9. The highest BCUT2D eigenvalue weighted by Gasteiger charge is 2.21. The maximum Gasteiger partial charge on any atom is 0.0587 e. The number of halogens is 1. The Morgan fingerprint density at radius 2 is 1.52 bits per heavy atom. The van der Waals surface area contributed by atoms with Crippen molar-refractivity contribution in [1.82, 2.24) is 4.90 Å². The first-order valence-corrected chi connectivity index (χ1v) is 13.4. The van der Waals surface area contributed by atoms with Gasteiger partial charge in [-0.1, -0.05) is 68.4 Å². The second-order valence-electron chi connectivity index (χ2n) is 9.29. The van der Waals surface area contributed by atoms with Crippen LogP contribution in [0, 0.1) is 11.3 Å². The number of nitriles is 1. The Bertz CT molecular complexity index is 788. The van der Waals surface area contributed by atoms with E-state index in [1.54, 1.807) is 6.07 Å². The molecule has 0 radical (unpaired) electrons. The lowest BCUT2D eigenvalue weighted by atomic mass is 9.83. The summed E-state index contributed by atoms with van der Waals surface area (Å²) in [5.74, 6) is 0.718. The van der Waals surface area contributed by atoms with Crippen LogP contribution in [-0.4, -0.2) is 29.4 Å². The summed E-state index contributed by atoms with van der Waals surface area (Å²) >= 11 is 6.28. The zero-order valence-electron chi connectivity index (χ0n) is 21.0. The Balaban J connectivity index is 0.00000122. The predicted molar refractivity (Wildman–Crippen MR) is 143 cm³/mol. The molecule has 1 saturated carbocycles. The number of benzene rings is 2. The smallest absolute Gasteiger partial charge is 0.0587 e. The first-order valence-electron chi connectivity index (χ1n) is 12.9. The van der Waals surface area contributed by atoms with Gasteiger partial charge in [-0.25, -0.2) is 0 Å². The molecule has 0 spiro atoms. The molecule has 0 saturated heterocycles. The fraction of sp³-hybridized carbons (Fsp3) is 0.567. The van der Waals surface area contributed by atoms with E-state index in [0.717, 1.165) is 12.3 Å². The van der Waals surface area contributed by atoms with Gasteiger partial charge in [0.15, 0.2) is 0 Å². The highest BCUT2D eigenvalue weighted by atomic mass is 35.5. The third kappa shape index (κ3) is 9.91. The molecule has 180 valence electrons. The van der Waals surface area contributed by atoms with Gasteiger partial charge in [-0.05, 0) is 86.9 Å². The van der Waals surface area contributed by atoms with Gasteiger partial charge in [0.05, 0.1) is 6.07 Å². The minimum absolute atomic E-state index is 0.402. The highest BCUT2D eigenvalue weighted by Crippen LogP contribution is 2.35. The van der Waals surface area contributed by atoms with E-state index < -0.39 is 0 Å². The fourth-order valence-electron chi connectivity index (χ4n) is 5.00. The minimum atomic E-state index is 0.402. The highest BCUT2D eigenvalue weighted by molar-refractivity contribution is 6.20. The van der Waals surface area contributed by atoms with E-state index in [2.05, 4.69) is 73.3 Å². The van der Waals surface area contributed by atoms with E-state index in [1.165, 1.54) is 88.1 Å². The van der Waals surface area contributed by atoms with Crippen molar-refractivity contribution in [3.05, 3.63) is 71.3 Å². The lowest BCUT2D eigenvalue weighted by Gasteiger charge is -2.31. The van der Waals surface area contributed by atoms with Gasteiger partial charge in [-0.15, -0.1) is 11.6 Å². The zero-order valence-corrected chi connectivity index (χ0v) is 21.7. The SMILES string of the molecule is CC#N.CCCN(CCc1ccccc1)C(CC)CCc1ccc(C2CCC(Cl)CC2)cc1. The molecule has 3 rings (SSSR count). The fourth-order valence-corrected chi connectivity index (χ4v) is 5.25. The van der Waals surface area contributed by atoms with Gasteiger partial charge in [0.25, 0.3) is 0 Å². The molecule has 2 aromatic rings. The lowest BCUT2D eigenvalue weighted by molar-refractivity contribution is 0.183. The number of alkyl halides is 1. The summed E-state index contributed by atoms with van der Waals surface area (Å²) in [7, 11) is 0. The Morgan fingerprint density at radius 1 is 0.909 bits per heavy atom. The van der Waals surface area contributed by atoms with Crippen LogP contribution in [0.4, 0.5) is 0 Å². The Kier molecular flexibility index (Phi) is 13.2. The van der Waals surface area contributed by atoms with Crippen molar-refractivity contribution in [1.29, 1.82) is 5.26 Å². The molecule has 1 unspecified atom stereocenters. The maximum atomic E-state index is 7.32. The van der Waals surface area contributed by atoms with Gasteiger partial charge >= 0.3 is 0 Å². The van der Waals surface area contributed by atoms with E-state index in [-0.39, 0.29) is 0 Å². The molecule has 2 aromatic carbocycles. The molecule has 1 aliphatic rings. The number of hydrogen-bond acceptors (Lipinski definition) is 2. The largest absolute Gasteiger partial charge is 0.300 e. The Morgan fingerprint density at radius 3 is 2.09 bits per heavy atom. The van der Waals surface area contributed by atoms with E-state index >= 15 is 0 Å². The molecule has 0 aliphatic heterocycles. The predicted octanol–water partition coefficient (Wildman–Crippen LogP) is 8.15. The van der Waals surface area contributed by atoms with Crippen LogP contribution in [0.3, 0.4) is 0 Å². The van der Waals surface area contributed by atoms with Crippen molar-refractivity contribution in [3.63, 3.8) is 0 Å². The van der Waals surface area contributed by atoms with E-state index in [1.807, 2.05) is 0 Å². The summed E-state index contributed by atoms with van der Waals surface area (Å²) < 4.78 is 0. The summed E-state index contributed by atoms with van der Waals surface area (Å²) in [6, 6.07) is 22.9. The Hall–Kier alpha value is -1.82. The van der Waals surface area contributed by atoms with E-state index in [0.29, 0.717) is 11.4 Å². The van der Waals surface area contributed by atoms with Gasteiger partial charge < -0.3 is 4.90 Å². The van der Waals surface area contributed by atoms with Crippen LogP contribution >= 0.6 is 11.6 Å². The van der Waals surface area contributed by atoms with E-state index in [9.17, 15) is 0 Å². The minimum Gasteiger partial charge on any atom is -0.300 e. The molecule has 1 fully saturated rings. The van der Waals surface area contributed by atoms with Crippen molar-refractivity contribution in [2.75, 3.05) is 13.1 Å². The summed E-state index contributed by atoms with van der Waals surface area (Å²) in [6.07, 6.45) is 10.9. The molecule has 0 amide bonds. The molecule has 1 atom stereocenters. The third-order valence-corrected chi connectivity index (χ3v) is 7.34. The molecule has 0 bridgehead atoms. The quantitative estimate of drug-likeness (QED) is 0.312. The van der Waals surface area contributed by atoms with Gasteiger partial charge in [0.1, 0.15) is 0 Å². The van der Waals surface area contributed by atoms with E-state index in [4.69, 9.17) is 16.9 Å². The summed E-state index contributed by atoms with van der Waals surface area (Å²) in [5, 5.41) is 7.72. The molecule has 0 N–H and O–H groups in total. The first-order chi connectivity index (χ1) is 16.1. The standard InChI is InChI=1S/C28H40ClN.C2H3N/c1-3-21-30(22-20-23-8-6-5-7-9-23)28(4-2)19-12-24-10-13-25(14-11-24)26-15-17-27(29)18-16-26;1-2-3/h5-11,13-14,26-28H,3-4,12,15-22H2,1-2H3;1H3. The van der Waals surface area contributed by atoms with Gasteiger partial charge in [-0.3, -0.25) is 0 Å². The van der Waals surface area contributed by atoms with Gasteiger partial charge in [0, 0.05) is 24.9 Å². The van der Waals surface area contributed by atoms with Crippen molar-refractivity contribution < 1.29 is 0 Å². The number of aryl methyl sites for hydroxylation is 1. The van der Waals surface area contributed by atoms with Crippen LogP contribution in [0.5, 0.6) is 0 Å². The van der Waals surface area contributed by atoms with Crippen LogP contribution in [0.1, 0.15) is 88.3 Å². The zero-order chi connectivity index (χ0) is 23.9. The molecule has 0 aromatic heterocycles. The monoisotopic (exact) mass is 466 g/mol. The summed E-state index contributed by atoms with van der Waals surface area (Å²) in [4.78, 5) is 2.73. The van der Waals surface area contributed by atoms with Crippen molar-refractivity contribution in [3.8, 4) is 6.07 Å². The first kappa shape index (κ1) is 27.4. The average molecular weight is 467 g/mol. The van der Waals surface area contributed by atoms with Gasteiger partial charge in [-0.2, -0.15) is 5.26 Å². The van der Waals surface area contributed by atoms with Crippen molar-refractivity contribution in [2.45, 2.75) is 95.9 Å². The topological polar surface area (TPSA) is 27.0 Å². The van der Waals surface area contributed by atoms with Crippen LogP contribution in [-0.2, 0) is 12.8 Å². The van der Waals surface area contributed by atoms with Crippen LogP contribution in [0.15, 0.2) is 54.6 Å². The molecular weight excluding hydrogens is 424 g/mol. The van der Waals surface area contributed by atoms with Crippen molar-refractivity contribution in [2.24, 2.45) is 0 Å². The lowest BCUT2D eigenvalue weighted by Crippen LogP contribution is -2.37.